The zero-order chi connectivity index (χ0) is 20.8. The number of hydrogen-bond donors (Lipinski definition) is 0. The summed E-state index contributed by atoms with van der Waals surface area (Å²) in [6.07, 6.45) is 0. The van der Waals surface area contributed by atoms with Gasteiger partial charge in [0.05, 0.1) is 24.2 Å². The maximum absolute atomic E-state index is 12.8. The van der Waals surface area contributed by atoms with E-state index >= 15 is 0 Å². The van der Waals surface area contributed by atoms with Crippen LogP contribution in [-0.2, 0) is 23.8 Å². The number of esters is 2. The second-order valence-corrected chi connectivity index (χ2v) is 6.21. The van der Waals surface area contributed by atoms with Crippen LogP contribution in [0.2, 0.25) is 0 Å². The number of allylic oxidation sites excluding steroid dienone is 1. The first-order valence-corrected chi connectivity index (χ1v) is 8.56. The van der Waals surface area contributed by atoms with Crippen molar-refractivity contribution < 1.29 is 28.7 Å². The van der Waals surface area contributed by atoms with E-state index in [1.807, 2.05) is 0 Å². The molecule has 0 aliphatic carbocycles. The number of aliphatic imine (C=N–C) groups is 1. The summed E-state index contributed by atoms with van der Waals surface area (Å²) in [4.78, 5) is 40.2. The van der Waals surface area contributed by atoms with Crippen LogP contribution in [0, 0.1) is 16.0 Å². The summed E-state index contributed by atoms with van der Waals surface area (Å²) >= 11 is 0. The molecule has 0 aromatic heterocycles. The molecular weight excluding hydrogens is 368 g/mol. The number of hydrogen-bond acceptors (Lipinski definition) is 8. The topological polar surface area (TPSA) is 117 Å². The van der Waals surface area contributed by atoms with Crippen molar-refractivity contribution in [2.45, 2.75) is 19.8 Å². The van der Waals surface area contributed by atoms with Crippen LogP contribution >= 0.6 is 0 Å². The standard InChI is InChI=1S/C19H22N2O7/c1-11-15(18(22)27-4)17(13-6-5-7-14(10-13)21(24)25)16(12(2)20-11)19(23)28-9-8-26-3/h5-7,10,15,17H,8-9H2,1-4H3. The Balaban J connectivity index is 2.59. The van der Waals surface area contributed by atoms with Crippen molar-refractivity contribution in [2.75, 3.05) is 27.4 Å². The van der Waals surface area contributed by atoms with E-state index in [0.29, 0.717) is 17.0 Å². The van der Waals surface area contributed by atoms with Crippen LogP contribution in [0.15, 0.2) is 40.5 Å². The summed E-state index contributed by atoms with van der Waals surface area (Å²) in [5.41, 5.74) is 1.28. The van der Waals surface area contributed by atoms with Gasteiger partial charge in [-0.1, -0.05) is 12.1 Å². The molecule has 1 heterocycles. The number of carbonyl (C=O) groups is 2. The Morgan fingerprint density at radius 1 is 1.21 bits per heavy atom. The maximum atomic E-state index is 12.8. The number of methoxy groups -OCH3 is 2. The summed E-state index contributed by atoms with van der Waals surface area (Å²) in [6.45, 7) is 3.53. The minimum atomic E-state index is -0.902. The molecule has 0 radical (unpaired) electrons. The monoisotopic (exact) mass is 390 g/mol. The average molecular weight is 390 g/mol. The Hall–Kier alpha value is -3.07. The van der Waals surface area contributed by atoms with Crippen molar-refractivity contribution in [3.63, 3.8) is 0 Å². The highest BCUT2D eigenvalue weighted by Crippen LogP contribution is 2.40. The summed E-state index contributed by atoms with van der Waals surface area (Å²) in [6, 6.07) is 5.82. The molecule has 150 valence electrons. The van der Waals surface area contributed by atoms with Crippen molar-refractivity contribution in [3.05, 3.63) is 51.2 Å². The Bertz CT molecular complexity index is 844. The molecule has 0 bridgehead atoms. The van der Waals surface area contributed by atoms with Gasteiger partial charge in [-0.2, -0.15) is 0 Å². The van der Waals surface area contributed by atoms with E-state index in [1.54, 1.807) is 19.9 Å². The Morgan fingerprint density at radius 2 is 1.93 bits per heavy atom. The number of nitrogens with zero attached hydrogens (tertiary/aromatic N) is 2. The Kier molecular flexibility index (Phi) is 7.00. The van der Waals surface area contributed by atoms with Crippen LogP contribution in [0.4, 0.5) is 5.69 Å². The fraction of sp³-hybridized carbons (Fsp3) is 0.421. The smallest absolute Gasteiger partial charge is 0.336 e. The Morgan fingerprint density at radius 3 is 2.54 bits per heavy atom. The molecule has 0 amide bonds. The van der Waals surface area contributed by atoms with E-state index in [2.05, 4.69) is 4.99 Å². The number of non-ortho nitro benzene ring substituents is 1. The lowest BCUT2D eigenvalue weighted by atomic mass is 9.75. The van der Waals surface area contributed by atoms with Gasteiger partial charge in [-0.15, -0.1) is 0 Å². The fourth-order valence-corrected chi connectivity index (χ4v) is 3.22. The first-order chi connectivity index (χ1) is 13.3. The summed E-state index contributed by atoms with van der Waals surface area (Å²) in [5, 5.41) is 11.2. The van der Waals surface area contributed by atoms with Gasteiger partial charge in [-0.25, -0.2) is 4.79 Å². The van der Waals surface area contributed by atoms with Crippen LogP contribution < -0.4 is 0 Å². The summed E-state index contributed by atoms with van der Waals surface area (Å²) < 4.78 is 15.0. The highest BCUT2D eigenvalue weighted by molar-refractivity contribution is 6.07. The van der Waals surface area contributed by atoms with Crippen molar-refractivity contribution in [1.82, 2.24) is 0 Å². The van der Waals surface area contributed by atoms with E-state index in [4.69, 9.17) is 14.2 Å². The molecule has 2 unspecified atom stereocenters. The maximum Gasteiger partial charge on any atom is 0.336 e. The second-order valence-electron chi connectivity index (χ2n) is 6.21. The predicted octanol–water partition coefficient (Wildman–Crippen LogP) is 2.41. The van der Waals surface area contributed by atoms with Gasteiger partial charge in [0.25, 0.3) is 5.69 Å². The van der Waals surface area contributed by atoms with Crippen molar-refractivity contribution in [3.8, 4) is 0 Å². The lowest BCUT2D eigenvalue weighted by Gasteiger charge is -2.31. The third kappa shape index (κ3) is 4.42. The zero-order valence-electron chi connectivity index (χ0n) is 16.1. The molecule has 2 atom stereocenters. The van der Waals surface area contributed by atoms with Crippen LogP contribution in [-0.4, -0.2) is 50.0 Å². The molecule has 0 saturated carbocycles. The van der Waals surface area contributed by atoms with Gasteiger partial charge in [0, 0.05) is 36.6 Å². The van der Waals surface area contributed by atoms with Gasteiger partial charge >= 0.3 is 11.9 Å². The molecule has 28 heavy (non-hydrogen) atoms. The molecule has 0 spiro atoms. The predicted molar refractivity (Wildman–Crippen MR) is 100.0 cm³/mol. The van der Waals surface area contributed by atoms with Gasteiger partial charge in [0.15, 0.2) is 0 Å². The molecule has 1 aromatic rings. The number of nitro groups is 1. The van der Waals surface area contributed by atoms with Gasteiger partial charge in [0.1, 0.15) is 12.5 Å². The van der Waals surface area contributed by atoms with E-state index < -0.39 is 28.7 Å². The van der Waals surface area contributed by atoms with Crippen LogP contribution in [0.3, 0.4) is 0 Å². The third-order valence-corrected chi connectivity index (χ3v) is 4.46. The van der Waals surface area contributed by atoms with E-state index in [1.165, 1.54) is 32.4 Å². The molecule has 9 nitrogen and oxygen atoms in total. The number of ether oxygens (including phenoxy) is 3. The van der Waals surface area contributed by atoms with Gasteiger partial charge in [-0.3, -0.25) is 19.9 Å². The molecule has 1 aliphatic heterocycles. The number of carbonyl (C=O) groups excluding carboxylic acids is 2. The highest BCUT2D eigenvalue weighted by atomic mass is 16.6. The molecule has 1 aliphatic rings. The number of benzene rings is 1. The Labute approximate surface area is 162 Å². The zero-order valence-corrected chi connectivity index (χ0v) is 16.1. The van der Waals surface area contributed by atoms with Crippen molar-refractivity contribution >= 4 is 23.3 Å². The van der Waals surface area contributed by atoms with Crippen LogP contribution in [0.5, 0.6) is 0 Å². The summed E-state index contributed by atoms with van der Waals surface area (Å²) in [7, 11) is 2.72. The molecule has 2 rings (SSSR count). The van der Waals surface area contributed by atoms with E-state index in [9.17, 15) is 19.7 Å². The first-order valence-electron chi connectivity index (χ1n) is 8.56. The van der Waals surface area contributed by atoms with Crippen molar-refractivity contribution in [1.29, 1.82) is 0 Å². The average Bonchev–Trinajstić information content (AvgIpc) is 2.67. The van der Waals surface area contributed by atoms with E-state index in [0.717, 1.165) is 0 Å². The molecule has 0 fully saturated rings. The largest absolute Gasteiger partial charge is 0.468 e. The van der Waals surface area contributed by atoms with Gasteiger partial charge < -0.3 is 14.2 Å². The quantitative estimate of drug-likeness (QED) is 0.304. The van der Waals surface area contributed by atoms with Crippen LogP contribution in [0.1, 0.15) is 25.3 Å². The lowest BCUT2D eigenvalue weighted by Crippen LogP contribution is -2.36. The van der Waals surface area contributed by atoms with Gasteiger partial charge in [-0.05, 0) is 19.4 Å². The minimum absolute atomic E-state index is 0.0271. The highest BCUT2D eigenvalue weighted by Gasteiger charge is 2.42. The van der Waals surface area contributed by atoms with Crippen LogP contribution in [0.25, 0.3) is 0 Å². The normalized spacial score (nSPS) is 19.1. The molecule has 1 aromatic carbocycles. The van der Waals surface area contributed by atoms with E-state index in [-0.39, 0.29) is 24.5 Å². The molecular formula is C19H22N2O7. The number of rotatable bonds is 7. The SMILES string of the molecule is COCCOC(=O)C1=C(C)N=C(C)C(C(=O)OC)C1c1cccc([N+](=O)[O-])c1. The second kappa shape index (κ2) is 9.23. The summed E-state index contributed by atoms with van der Waals surface area (Å²) in [5.74, 6) is -2.97. The fourth-order valence-electron chi connectivity index (χ4n) is 3.22. The first kappa shape index (κ1) is 21.2. The molecule has 0 saturated heterocycles. The minimum Gasteiger partial charge on any atom is -0.468 e. The third-order valence-electron chi connectivity index (χ3n) is 4.46. The number of nitro benzene ring substituents is 1. The molecule has 9 heteroatoms. The van der Waals surface area contributed by atoms with Gasteiger partial charge in [0.2, 0.25) is 0 Å². The lowest BCUT2D eigenvalue weighted by molar-refractivity contribution is -0.384. The van der Waals surface area contributed by atoms with Crippen molar-refractivity contribution in [2.24, 2.45) is 10.9 Å². The molecule has 0 N–H and O–H groups in total.